The third-order valence-electron chi connectivity index (χ3n) is 4.70. The Kier molecular flexibility index (Phi) is 3.11. The Hall–Kier alpha value is -1.70. The molecule has 0 aromatic carbocycles. The van der Waals surface area contributed by atoms with Gasteiger partial charge in [-0.1, -0.05) is 0 Å². The molecule has 8 heteroatoms. The summed E-state index contributed by atoms with van der Waals surface area (Å²) in [6, 6.07) is -0.220. The van der Waals surface area contributed by atoms with Crippen LogP contribution in [0.3, 0.4) is 0 Å². The minimum absolute atomic E-state index is 0.0686. The van der Waals surface area contributed by atoms with Crippen molar-refractivity contribution < 1.29 is 13.2 Å². The highest BCUT2D eigenvalue weighted by Gasteiger charge is 2.40. The molecule has 3 aliphatic heterocycles. The Balaban J connectivity index is 1.58. The van der Waals surface area contributed by atoms with E-state index in [0.717, 1.165) is 31.6 Å². The second kappa shape index (κ2) is 4.91. The number of carbonyl (C=O) groups excluding carboxylic acids is 1. The summed E-state index contributed by atoms with van der Waals surface area (Å²) in [6.07, 6.45) is 4.41. The smallest absolute Gasteiger partial charge is 0.257 e. The van der Waals surface area contributed by atoms with Crippen LogP contribution >= 0.6 is 0 Å². The van der Waals surface area contributed by atoms with Crippen molar-refractivity contribution in [2.24, 2.45) is 0 Å². The Labute approximate surface area is 129 Å². The van der Waals surface area contributed by atoms with E-state index in [9.17, 15) is 13.2 Å². The van der Waals surface area contributed by atoms with Crippen molar-refractivity contribution in [1.29, 1.82) is 0 Å². The fraction of sp³-hybridized carbons (Fsp3) is 0.643. The Bertz CT molecular complexity index is 728. The molecule has 2 fully saturated rings. The maximum absolute atomic E-state index is 12.5. The molecule has 1 aromatic rings. The van der Waals surface area contributed by atoms with Crippen LogP contribution in [-0.2, 0) is 16.4 Å². The number of rotatable bonds is 2. The van der Waals surface area contributed by atoms with Gasteiger partial charge in [0, 0.05) is 25.3 Å². The number of fused-ring (bicyclic) bond motifs is 1. The maximum Gasteiger partial charge on any atom is 0.257 e. The van der Waals surface area contributed by atoms with Crippen LogP contribution < -0.4 is 4.90 Å². The standard InChI is InChI=1S/C14H18N4O3S/c19-13-11-7-15-14(17-4-1-2-5-17)16-12(11)8-18(13)10-3-6-22(20,21)9-10/h7,10H,1-6,8-9H2/t10-/m0/s1. The zero-order valence-electron chi connectivity index (χ0n) is 12.2. The summed E-state index contributed by atoms with van der Waals surface area (Å²) in [5.41, 5.74) is 1.25. The van der Waals surface area contributed by atoms with Gasteiger partial charge >= 0.3 is 0 Å². The van der Waals surface area contributed by atoms with Gasteiger partial charge in [-0.15, -0.1) is 0 Å². The Morgan fingerprint density at radius 3 is 2.68 bits per heavy atom. The number of sulfone groups is 1. The first kappa shape index (κ1) is 13.9. The van der Waals surface area contributed by atoms with Crippen molar-refractivity contribution in [2.45, 2.75) is 31.8 Å². The van der Waals surface area contributed by atoms with E-state index in [4.69, 9.17) is 0 Å². The van der Waals surface area contributed by atoms with Gasteiger partial charge in [-0.2, -0.15) is 0 Å². The van der Waals surface area contributed by atoms with Gasteiger partial charge in [0.2, 0.25) is 5.95 Å². The van der Waals surface area contributed by atoms with E-state index in [0.29, 0.717) is 24.5 Å². The maximum atomic E-state index is 12.5. The number of aromatic nitrogens is 2. The predicted molar refractivity (Wildman–Crippen MR) is 80.4 cm³/mol. The van der Waals surface area contributed by atoms with E-state index < -0.39 is 9.84 Å². The molecular formula is C14H18N4O3S. The van der Waals surface area contributed by atoms with Gasteiger partial charge in [-0.25, -0.2) is 18.4 Å². The summed E-state index contributed by atoms with van der Waals surface area (Å²) in [4.78, 5) is 25.1. The topological polar surface area (TPSA) is 83.5 Å². The molecule has 1 aromatic heterocycles. The quantitative estimate of drug-likeness (QED) is 0.774. The number of hydrogen-bond acceptors (Lipinski definition) is 6. The highest BCUT2D eigenvalue weighted by molar-refractivity contribution is 7.91. The molecule has 0 aliphatic carbocycles. The van der Waals surface area contributed by atoms with E-state index in [1.54, 1.807) is 11.1 Å². The molecule has 7 nitrogen and oxygen atoms in total. The molecular weight excluding hydrogens is 304 g/mol. The largest absolute Gasteiger partial charge is 0.341 e. The van der Waals surface area contributed by atoms with Crippen LogP contribution in [0.2, 0.25) is 0 Å². The van der Waals surface area contributed by atoms with Crippen molar-refractivity contribution >= 4 is 21.7 Å². The lowest BCUT2D eigenvalue weighted by Gasteiger charge is -2.21. The molecule has 0 N–H and O–H groups in total. The fourth-order valence-corrected chi connectivity index (χ4v) is 5.21. The van der Waals surface area contributed by atoms with Gasteiger partial charge in [-0.05, 0) is 19.3 Å². The SMILES string of the molecule is O=C1c2cnc(N3CCCC3)nc2CN1[C@H]1CCS(=O)(=O)C1. The van der Waals surface area contributed by atoms with Gasteiger partial charge in [0.15, 0.2) is 9.84 Å². The first-order valence-corrected chi connectivity index (χ1v) is 9.48. The van der Waals surface area contributed by atoms with E-state index >= 15 is 0 Å². The highest BCUT2D eigenvalue weighted by Crippen LogP contribution is 2.29. The molecule has 1 atom stereocenters. The Morgan fingerprint density at radius 1 is 1.23 bits per heavy atom. The van der Waals surface area contributed by atoms with Gasteiger partial charge in [-0.3, -0.25) is 4.79 Å². The van der Waals surface area contributed by atoms with Crippen LogP contribution in [0.5, 0.6) is 0 Å². The van der Waals surface area contributed by atoms with Crippen molar-refractivity contribution in [3.8, 4) is 0 Å². The van der Waals surface area contributed by atoms with Crippen LogP contribution in [0.1, 0.15) is 35.3 Å². The van der Waals surface area contributed by atoms with E-state index in [1.165, 1.54) is 0 Å². The molecule has 4 heterocycles. The minimum atomic E-state index is -3.00. The van der Waals surface area contributed by atoms with Crippen molar-refractivity contribution in [1.82, 2.24) is 14.9 Å². The summed E-state index contributed by atoms with van der Waals surface area (Å²) in [7, 11) is -3.00. The van der Waals surface area contributed by atoms with Crippen LogP contribution in [0, 0.1) is 0 Å². The molecule has 118 valence electrons. The third-order valence-corrected chi connectivity index (χ3v) is 6.45. The lowest BCUT2D eigenvalue weighted by atomic mass is 10.2. The summed E-state index contributed by atoms with van der Waals surface area (Å²) < 4.78 is 23.3. The summed E-state index contributed by atoms with van der Waals surface area (Å²) >= 11 is 0. The molecule has 3 aliphatic rings. The number of carbonyl (C=O) groups is 1. The van der Waals surface area contributed by atoms with Crippen LogP contribution in [0.15, 0.2) is 6.20 Å². The third kappa shape index (κ3) is 2.25. The molecule has 4 rings (SSSR count). The average Bonchev–Trinajstić information content (AvgIpc) is 3.18. The predicted octanol–water partition coefficient (Wildman–Crippen LogP) is 0.220. The van der Waals surface area contributed by atoms with Crippen molar-refractivity contribution in [3.63, 3.8) is 0 Å². The molecule has 1 amide bonds. The number of hydrogen-bond donors (Lipinski definition) is 0. The molecule has 0 bridgehead atoms. The van der Waals surface area contributed by atoms with E-state index in [1.807, 2.05) is 0 Å². The monoisotopic (exact) mass is 322 g/mol. The lowest BCUT2D eigenvalue weighted by molar-refractivity contribution is 0.0721. The highest BCUT2D eigenvalue weighted by atomic mass is 32.2. The summed E-state index contributed by atoms with van der Waals surface area (Å²) in [6.45, 7) is 2.31. The van der Waals surface area contributed by atoms with Crippen LogP contribution in [0.25, 0.3) is 0 Å². The average molecular weight is 322 g/mol. The number of amides is 1. The molecule has 2 saturated heterocycles. The molecule has 22 heavy (non-hydrogen) atoms. The van der Waals surface area contributed by atoms with Crippen molar-refractivity contribution in [2.75, 3.05) is 29.5 Å². The fourth-order valence-electron chi connectivity index (χ4n) is 3.48. The second-order valence-electron chi connectivity index (χ2n) is 6.21. The summed E-state index contributed by atoms with van der Waals surface area (Å²) in [5, 5.41) is 0. The zero-order chi connectivity index (χ0) is 15.3. The second-order valence-corrected chi connectivity index (χ2v) is 8.44. The first-order valence-electron chi connectivity index (χ1n) is 7.66. The van der Waals surface area contributed by atoms with Crippen molar-refractivity contribution in [3.05, 3.63) is 17.5 Å². The number of anilines is 1. The van der Waals surface area contributed by atoms with Gasteiger partial charge in [0.1, 0.15) is 0 Å². The van der Waals surface area contributed by atoms with E-state index in [2.05, 4.69) is 14.9 Å². The van der Waals surface area contributed by atoms with Gasteiger partial charge < -0.3 is 9.80 Å². The van der Waals surface area contributed by atoms with Gasteiger partial charge in [0.25, 0.3) is 5.91 Å². The van der Waals surface area contributed by atoms with Gasteiger partial charge in [0.05, 0.1) is 29.3 Å². The number of nitrogens with zero attached hydrogens (tertiary/aromatic N) is 4. The lowest BCUT2D eigenvalue weighted by Crippen LogP contribution is -2.36. The van der Waals surface area contributed by atoms with Crippen LogP contribution in [0.4, 0.5) is 5.95 Å². The first-order chi connectivity index (χ1) is 10.5. The molecule has 0 unspecified atom stereocenters. The molecule has 0 spiro atoms. The van der Waals surface area contributed by atoms with E-state index in [-0.39, 0.29) is 23.5 Å². The normalized spacial score (nSPS) is 26.7. The van der Waals surface area contributed by atoms with Crippen LogP contribution in [-0.4, -0.2) is 59.8 Å². The summed E-state index contributed by atoms with van der Waals surface area (Å²) in [5.74, 6) is 0.789. The zero-order valence-corrected chi connectivity index (χ0v) is 13.0. The Morgan fingerprint density at radius 2 is 2.00 bits per heavy atom. The molecule has 0 radical (unpaired) electrons. The minimum Gasteiger partial charge on any atom is -0.341 e. The molecule has 0 saturated carbocycles.